The standard InChI is InChI=1S/C29H26O3/c30-29(31-21-27(23-13-5-1-6-14-23)24-15-7-2-8-16-24)32-22-28(25-17-9-3-10-18-25)26-19-11-4-12-20-26/h1-20,27-28H,21-22H2. The molecule has 0 radical (unpaired) electrons. The average Bonchev–Trinajstić information content (AvgIpc) is 2.87. The van der Waals surface area contributed by atoms with Crippen LogP contribution >= 0.6 is 0 Å². The van der Waals surface area contributed by atoms with Crippen LogP contribution in [0.2, 0.25) is 0 Å². The highest BCUT2D eigenvalue weighted by molar-refractivity contribution is 5.60. The maximum absolute atomic E-state index is 12.5. The Bertz CT molecular complexity index is 912. The van der Waals surface area contributed by atoms with Gasteiger partial charge < -0.3 is 9.47 Å². The minimum atomic E-state index is -0.654. The number of ether oxygens (including phenoxy) is 2. The van der Waals surface area contributed by atoms with Crippen molar-refractivity contribution < 1.29 is 14.3 Å². The van der Waals surface area contributed by atoms with Gasteiger partial charge in [-0.2, -0.15) is 0 Å². The summed E-state index contributed by atoms with van der Waals surface area (Å²) in [5.74, 6) is -0.104. The SMILES string of the molecule is O=C(OCC(c1ccccc1)c1ccccc1)OCC(c1ccccc1)c1ccccc1. The Morgan fingerprint density at radius 2 is 0.719 bits per heavy atom. The molecule has 32 heavy (non-hydrogen) atoms. The van der Waals surface area contributed by atoms with Gasteiger partial charge >= 0.3 is 6.16 Å². The molecule has 0 aliphatic rings. The molecule has 4 aromatic rings. The molecular formula is C29H26O3. The van der Waals surface area contributed by atoms with E-state index in [0.717, 1.165) is 22.3 Å². The molecule has 0 aliphatic heterocycles. The van der Waals surface area contributed by atoms with Crippen molar-refractivity contribution in [3.8, 4) is 0 Å². The average molecular weight is 423 g/mol. The first kappa shape index (κ1) is 21.4. The van der Waals surface area contributed by atoms with Gasteiger partial charge in [-0.1, -0.05) is 121 Å². The van der Waals surface area contributed by atoms with E-state index >= 15 is 0 Å². The lowest BCUT2D eigenvalue weighted by Gasteiger charge is -2.20. The van der Waals surface area contributed by atoms with E-state index in [1.165, 1.54) is 0 Å². The summed E-state index contributed by atoms with van der Waals surface area (Å²) in [6.07, 6.45) is -0.654. The second-order valence-electron chi connectivity index (χ2n) is 7.62. The largest absolute Gasteiger partial charge is 0.508 e. The van der Waals surface area contributed by atoms with Crippen molar-refractivity contribution in [2.24, 2.45) is 0 Å². The van der Waals surface area contributed by atoms with Gasteiger partial charge in [0.15, 0.2) is 0 Å². The van der Waals surface area contributed by atoms with Crippen LogP contribution in [0, 0.1) is 0 Å². The van der Waals surface area contributed by atoms with Crippen LogP contribution in [0.15, 0.2) is 121 Å². The Kier molecular flexibility index (Phi) is 7.33. The normalized spacial score (nSPS) is 10.8. The lowest BCUT2D eigenvalue weighted by atomic mass is 9.92. The van der Waals surface area contributed by atoms with Gasteiger partial charge in [-0.25, -0.2) is 4.79 Å². The van der Waals surface area contributed by atoms with Crippen LogP contribution in [0.4, 0.5) is 4.79 Å². The molecule has 0 atom stereocenters. The summed E-state index contributed by atoms with van der Waals surface area (Å²) in [5, 5.41) is 0. The van der Waals surface area contributed by atoms with Gasteiger partial charge in [0, 0.05) is 11.8 Å². The molecule has 3 nitrogen and oxygen atoms in total. The van der Waals surface area contributed by atoms with Crippen molar-refractivity contribution in [3.05, 3.63) is 144 Å². The number of carbonyl (C=O) groups is 1. The first-order chi connectivity index (χ1) is 15.8. The van der Waals surface area contributed by atoms with Crippen molar-refractivity contribution in [3.63, 3.8) is 0 Å². The van der Waals surface area contributed by atoms with Crippen LogP contribution in [0.1, 0.15) is 34.1 Å². The monoisotopic (exact) mass is 422 g/mol. The molecule has 0 heterocycles. The Morgan fingerprint density at radius 1 is 0.469 bits per heavy atom. The molecule has 0 aliphatic carbocycles. The van der Waals surface area contributed by atoms with Crippen molar-refractivity contribution in [1.29, 1.82) is 0 Å². The molecule has 0 fully saturated rings. The first-order valence-electron chi connectivity index (χ1n) is 10.8. The predicted octanol–water partition coefficient (Wildman–Crippen LogP) is 6.80. The quantitative estimate of drug-likeness (QED) is 0.293. The molecule has 0 amide bonds. The van der Waals surface area contributed by atoms with Gasteiger partial charge in [-0.3, -0.25) is 0 Å². The summed E-state index contributed by atoms with van der Waals surface area (Å²) < 4.78 is 11.1. The molecule has 0 bridgehead atoms. The molecule has 0 spiro atoms. The van der Waals surface area contributed by atoms with Gasteiger partial charge in [0.05, 0.1) is 0 Å². The Morgan fingerprint density at radius 3 is 0.969 bits per heavy atom. The van der Waals surface area contributed by atoms with Crippen LogP contribution < -0.4 is 0 Å². The summed E-state index contributed by atoms with van der Waals surface area (Å²) in [5.41, 5.74) is 4.38. The Hall–Kier alpha value is -3.85. The van der Waals surface area contributed by atoms with Crippen LogP contribution in [0.5, 0.6) is 0 Å². The van der Waals surface area contributed by atoms with Gasteiger partial charge in [-0.15, -0.1) is 0 Å². The molecule has 3 heteroatoms. The lowest BCUT2D eigenvalue weighted by molar-refractivity contribution is 0.0511. The van der Waals surface area contributed by atoms with E-state index in [0.29, 0.717) is 0 Å². The van der Waals surface area contributed by atoms with E-state index in [9.17, 15) is 4.79 Å². The molecule has 0 aromatic heterocycles. The molecule has 0 saturated carbocycles. The maximum Gasteiger partial charge on any atom is 0.508 e. The molecule has 0 N–H and O–H groups in total. The summed E-state index contributed by atoms with van der Waals surface area (Å²) in [6.45, 7) is 0.433. The fourth-order valence-electron chi connectivity index (χ4n) is 3.86. The summed E-state index contributed by atoms with van der Waals surface area (Å²) in [7, 11) is 0. The molecule has 160 valence electrons. The fraction of sp³-hybridized carbons (Fsp3) is 0.138. The third kappa shape index (κ3) is 5.64. The van der Waals surface area contributed by atoms with Crippen molar-refractivity contribution in [2.75, 3.05) is 13.2 Å². The minimum Gasteiger partial charge on any atom is -0.433 e. The van der Waals surface area contributed by atoms with Crippen molar-refractivity contribution in [1.82, 2.24) is 0 Å². The number of hydrogen-bond acceptors (Lipinski definition) is 3. The van der Waals surface area contributed by atoms with Gasteiger partial charge in [-0.05, 0) is 22.3 Å². The Labute approximate surface area is 189 Å². The molecule has 0 unspecified atom stereocenters. The lowest BCUT2D eigenvalue weighted by Crippen LogP contribution is -2.18. The smallest absolute Gasteiger partial charge is 0.433 e. The van der Waals surface area contributed by atoms with E-state index in [4.69, 9.17) is 9.47 Å². The van der Waals surface area contributed by atoms with E-state index in [1.807, 2.05) is 121 Å². The predicted molar refractivity (Wildman–Crippen MR) is 127 cm³/mol. The summed E-state index contributed by atoms with van der Waals surface area (Å²) in [6, 6.07) is 40.3. The topological polar surface area (TPSA) is 35.5 Å². The second-order valence-corrected chi connectivity index (χ2v) is 7.62. The zero-order chi connectivity index (χ0) is 22.0. The summed E-state index contributed by atoms with van der Waals surface area (Å²) >= 11 is 0. The highest BCUT2D eigenvalue weighted by Gasteiger charge is 2.20. The summed E-state index contributed by atoms with van der Waals surface area (Å²) in [4.78, 5) is 12.5. The zero-order valence-corrected chi connectivity index (χ0v) is 17.8. The van der Waals surface area contributed by atoms with Crippen molar-refractivity contribution >= 4 is 6.16 Å². The van der Waals surface area contributed by atoms with E-state index < -0.39 is 6.16 Å². The molecule has 4 rings (SSSR count). The molecular weight excluding hydrogens is 396 g/mol. The Balaban J connectivity index is 1.43. The minimum absolute atomic E-state index is 0.0519. The van der Waals surface area contributed by atoms with Gasteiger partial charge in [0.25, 0.3) is 0 Å². The van der Waals surface area contributed by atoms with E-state index in [2.05, 4.69) is 0 Å². The zero-order valence-electron chi connectivity index (χ0n) is 17.8. The highest BCUT2D eigenvalue weighted by atomic mass is 16.7. The molecule has 4 aromatic carbocycles. The maximum atomic E-state index is 12.5. The fourth-order valence-corrected chi connectivity index (χ4v) is 3.86. The van der Waals surface area contributed by atoms with E-state index in [-0.39, 0.29) is 25.0 Å². The molecule has 0 saturated heterocycles. The second kappa shape index (κ2) is 11.0. The van der Waals surface area contributed by atoms with Crippen LogP contribution in [-0.4, -0.2) is 19.4 Å². The van der Waals surface area contributed by atoms with Crippen molar-refractivity contribution in [2.45, 2.75) is 11.8 Å². The van der Waals surface area contributed by atoms with Gasteiger partial charge in [0.2, 0.25) is 0 Å². The number of carbonyl (C=O) groups excluding carboxylic acids is 1. The van der Waals surface area contributed by atoms with Crippen LogP contribution in [0.3, 0.4) is 0 Å². The van der Waals surface area contributed by atoms with Crippen LogP contribution in [0.25, 0.3) is 0 Å². The number of hydrogen-bond donors (Lipinski definition) is 0. The van der Waals surface area contributed by atoms with Crippen LogP contribution in [-0.2, 0) is 9.47 Å². The number of rotatable bonds is 8. The third-order valence-corrected chi connectivity index (χ3v) is 5.54. The third-order valence-electron chi connectivity index (χ3n) is 5.54. The first-order valence-corrected chi connectivity index (χ1v) is 10.8. The number of benzene rings is 4. The van der Waals surface area contributed by atoms with Gasteiger partial charge in [0.1, 0.15) is 13.2 Å². The van der Waals surface area contributed by atoms with E-state index in [1.54, 1.807) is 0 Å². The highest BCUT2D eigenvalue weighted by Crippen LogP contribution is 2.27.